The maximum absolute atomic E-state index is 11.5. The van der Waals surface area contributed by atoms with Crippen LogP contribution in [0.15, 0.2) is 0 Å². The maximum atomic E-state index is 11.5. The van der Waals surface area contributed by atoms with Gasteiger partial charge in [0.15, 0.2) is 0 Å². The normalized spacial score (nSPS) is 13.5. The molecule has 0 aromatic heterocycles. The first kappa shape index (κ1) is 65.5. The molecular formula is C44H92KNaO8P2. The SMILES string of the molecule is CCCCCCCCCCCCCCCCCCOP(=O)([O-])OCC(C)C.CCCCCCCCCCCCCCCCCCOP(=O)([O-])OCC(C)C.[K+].[Na+]. The van der Waals surface area contributed by atoms with E-state index in [-0.39, 0.29) is 119 Å². The van der Waals surface area contributed by atoms with Gasteiger partial charge in [-0.2, -0.15) is 0 Å². The molecule has 8 nitrogen and oxygen atoms in total. The quantitative estimate of drug-likeness (QED) is 0.0340. The monoisotopic (exact) mass is 873 g/mol. The van der Waals surface area contributed by atoms with E-state index in [0.29, 0.717) is 0 Å². The molecule has 0 spiro atoms. The third kappa shape index (κ3) is 58.9. The predicted octanol–water partition coefficient (Wildman–Crippen LogP) is 8.82. The van der Waals surface area contributed by atoms with E-state index >= 15 is 0 Å². The van der Waals surface area contributed by atoms with Gasteiger partial charge in [-0.25, -0.2) is 0 Å². The van der Waals surface area contributed by atoms with Crippen molar-refractivity contribution < 1.29 is 118 Å². The Morgan fingerprint density at radius 2 is 0.536 bits per heavy atom. The van der Waals surface area contributed by atoms with Crippen molar-refractivity contribution in [2.75, 3.05) is 26.4 Å². The summed E-state index contributed by atoms with van der Waals surface area (Å²) >= 11 is 0. The van der Waals surface area contributed by atoms with Gasteiger partial charge in [-0.3, -0.25) is 9.13 Å². The number of hydrogen-bond acceptors (Lipinski definition) is 8. The smallest absolute Gasteiger partial charge is 0.756 e. The van der Waals surface area contributed by atoms with Crippen molar-refractivity contribution in [2.24, 2.45) is 11.8 Å². The van der Waals surface area contributed by atoms with Gasteiger partial charge >= 0.3 is 80.9 Å². The average Bonchev–Trinajstić information content (AvgIpc) is 3.13. The summed E-state index contributed by atoms with van der Waals surface area (Å²) in [4.78, 5) is 23.0. The number of rotatable bonds is 42. The fraction of sp³-hybridized carbons (Fsp3) is 1.00. The van der Waals surface area contributed by atoms with Crippen LogP contribution < -0.4 is 90.7 Å². The molecule has 0 heterocycles. The fourth-order valence-electron chi connectivity index (χ4n) is 6.21. The molecule has 0 saturated carbocycles. The zero-order valence-electron chi connectivity index (χ0n) is 38.8. The summed E-state index contributed by atoms with van der Waals surface area (Å²) in [6.45, 7) is 13.1. The van der Waals surface area contributed by atoms with Crippen LogP contribution in [0.4, 0.5) is 0 Å². The topological polar surface area (TPSA) is 117 Å². The molecule has 0 aliphatic carbocycles. The summed E-state index contributed by atoms with van der Waals surface area (Å²) in [7, 11) is -8.17. The van der Waals surface area contributed by atoms with Crippen LogP contribution in [0.1, 0.15) is 247 Å². The maximum Gasteiger partial charge on any atom is 1.00 e. The van der Waals surface area contributed by atoms with Crippen LogP contribution in [-0.2, 0) is 27.2 Å². The minimum absolute atomic E-state index is 0. The molecule has 56 heavy (non-hydrogen) atoms. The summed E-state index contributed by atoms with van der Waals surface area (Å²) in [6, 6.07) is 0. The first-order valence-electron chi connectivity index (χ1n) is 23.2. The Morgan fingerprint density at radius 1 is 0.357 bits per heavy atom. The van der Waals surface area contributed by atoms with E-state index in [0.717, 1.165) is 38.5 Å². The summed E-state index contributed by atoms with van der Waals surface area (Å²) < 4.78 is 42.3. The Kier molecular flexibility index (Phi) is 59.0. The Balaban J connectivity index is -0.000000466. The van der Waals surface area contributed by atoms with Crippen molar-refractivity contribution in [1.29, 1.82) is 0 Å². The second-order valence-corrected chi connectivity index (χ2v) is 19.4. The molecule has 0 aliphatic rings. The standard InChI is InChI=1S/2C22H47O4P.K.Na/c2*1-4-5-6-7-8-9-10-11-12-13-14-15-16-17-18-19-20-25-27(23,24)26-21-22(2)3;;/h2*22H,4-21H2,1-3H3,(H,23,24);;/q;;2*+1/p-2. The van der Waals surface area contributed by atoms with E-state index in [9.17, 15) is 18.9 Å². The molecule has 0 bridgehead atoms. The molecule has 0 aromatic rings. The molecule has 0 amide bonds. The Hall–Kier alpha value is 2.86. The molecule has 0 aliphatic heterocycles. The third-order valence-corrected chi connectivity index (χ3v) is 11.6. The van der Waals surface area contributed by atoms with Crippen LogP contribution in [-0.4, -0.2) is 26.4 Å². The molecule has 2 unspecified atom stereocenters. The fourth-order valence-corrected chi connectivity index (χ4v) is 8.02. The van der Waals surface area contributed by atoms with E-state index in [2.05, 4.69) is 13.8 Å². The molecule has 0 saturated heterocycles. The second kappa shape index (κ2) is 50.5. The van der Waals surface area contributed by atoms with Crippen molar-refractivity contribution >= 4 is 15.6 Å². The molecule has 0 aromatic carbocycles. The predicted molar refractivity (Wildman–Crippen MR) is 228 cm³/mol. The molecular weight excluding hydrogens is 781 g/mol. The van der Waals surface area contributed by atoms with E-state index in [1.165, 1.54) is 167 Å². The van der Waals surface area contributed by atoms with Gasteiger partial charge in [0.1, 0.15) is 0 Å². The Morgan fingerprint density at radius 3 is 0.714 bits per heavy atom. The van der Waals surface area contributed by atoms with Crippen molar-refractivity contribution in [3.63, 3.8) is 0 Å². The number of phosphoric acid groups is 2. The number of unbranched alkanes of at least 4 members (excludes halogenated alkanes) is 30. The van der Waals surface area contributed by atoms with E-state index in [1.54, 1.807) is 0 Å². The van der Waals surface area contributed by atoms with E-state index in [4.69, 9.17) is 18.1 Å². The van der Waals surface area contributed by atoms with Crippen LogP contribution in [0.5, 0.6) is 0 Å². The Bertz CT molecular complexity index is 775. The van der Waals surface area contributed by atoms with Crippen LogP contribution in [0, 0.1) is 11.8 Å². The summed E-state index contributed by atoms with van der Waals surface area (Å²) in [5.74, 6) is 0.373. The van der Waals surface area contributed by atoms with Crippen LogP contribution in [0.25, 0.3) is 0 Å². The molecule has 0 fully saturated rings. The minimum Gasteiger partial charge on any atom is -0.756 e. The molecule has 0 N–H and O–H groups in total. The van der Waals surface area contributed by atoms with Gasteiger partial charge in [-0.1, -0.05) is 234 Å². The molecule has 0 radical (unpaired) electrons. The number of phosphoric ester groups is 2. The summed E-state index contributed by atoms with van der Waals surface area (Å²) in [6.07, 6.45) is 41.7. The van der Waals surface area contributed by atoms with Crippen molar-refractivity contribution in [1.82, 2.24) is 0 Å². The van der Waals surface area contributed by atoms with Gasteiger partial charge in [0, 0.05) is 0 Å². The van der Waals surface area contributed by atoms with Gasteiger partial charge in [-0.15, -0.1) is 0 Å². The van der Waals surface area contributed by atoms with E-state index < -0.39 is 15.6 Å². The van der Waals surface area contributed by atoms with Gasteiger partial charge < -0.3 is 27.9 Å². The molecule has 12 heteroatoms. The van der Waals surface area contributed by atoms with Crippen LogP contribution in [0.2, 0.25) is 0 Å². The minimum atomic E-state index is -4.09. The largest absolute Gasteiger partial charge is 1.00 e. The van der Waals surface area contributed by atoms with Gasteiger partial charge in [0.25, 0.3) is 15.6 Å². The first-order chi connectivity index (χ1) is 26.0. The Labute approximate surface area is 414 Å². The van der Waals surface area contributed by atoms with Crippen molar-refractivity contribution in [2.45, 2.75) is 247 Å². The first-order valence-corrected chi connectivity index (χ1v) is 26.1. The van der Waals surface area contributed by atoms with Crippen molar-refractivity contribution in [3.05, 3.63) is 0 Å². The average molecular weight is 873 g/mol. The van der Waals surface area contributed by atoms with Crippen LogP contribution >= 0.6 is 15.6 Å². The third-order valence-electron chi connectivity index (χ3n) is 9.63. The summed E-state index contributed by atoms with van der Waals surface area (Å²) in [5, 5.41) is 0. The number of hydrogen-bond donors (Lipinski definition) is 0. The van der Waals surface area contributed by atoms with Crippen LogP contribution in [0.3, 0.4) is 0 Å². The van der Waals surface area contributed by atoms with Gasteiger partial charge in [-0.05, 0) is 24.7 Å². The zero-order chi connectivity index (χ0) is 40.4. The van der Waals surface area contributed by atoms with E-state index in [1.807, 2.05) is 27.7 Å². The molecule has 2 atom stereocenters. The van der Waals surface area contributed by atoms with Gasteiger partial charge in [0.05, 0.1) is 26.4 Å². The van der Waals surface area contributed by atoms with Crippen molar-refractivity contribution in [3.8, 4) is 0 Å². The second-order valence-electron chi connectivity index (χ2n) is 16.5. The molecule has 328 valence electrons. The van der Waals surface area contributed by atoms with Gasteiger partial charge in [0.2, 0.25) is 0 Å². The summed E-state index contributed by atoms with van der Waals surface area (Å²) in [5.41, 5.74) is 0. The zero-order valence-corrected chi connectivity index (χ0v) is 45.7. The molecule has 0 rings (SSSR count).